The molecule has 0 spiro atoms. The van der Waals surface area contributed by atoms with E-state index in [1.165, 1.54) is 0 Å². The molecular formula is C18H21NO2. The number of hydrogen-bond acceptors (Lipinski definition) is 2. The van der Waals surface area contributed by atoms with Gasteiger partial charge in [0.25, 0.3) is 0 Å². The van der Waals surface area contributed by atoms with Gasteiger partial charge < -0.3 is 9.30 Å². The molecule has 1 heterocycles. The fraction of sp³-hybridized carbons (Fsp3) is 0.389. The standard InChI is InChI=1S/C18H21NO2/c1-3-13(2)21-15-7-4-6-14(12-15)19-11-10-16-17(19)8-5-9-18(16)20/h4,6-7,10-13H,3,5,8-9H2,1-2H3. The number of hydrogen-bond donors (Lipinski definition) is 0. The highest BCUT2D eigenvalue weighted by Gasteiger charge is 2.21. The Morgan fingerprint density at radius 3 is 2.95 bits per heavy atom. The summed E-state index contributed by atoms with van der Waals surface area (Å²) in [6.45, 7) is 4.19. The van der Waals surface area contributed by atoms with Gasteiger partial charge >= 0.3 is 0 Å². The molecule has 21 heavy (non-hydrogen) atoms. The van der Waals surface area contributed by atoms with Gasteiger partial charge in [0.15, 0.2) is 5.78 Å². The number of nitrogens with zero attached hydrogens (tertiary/aromatic N) is 1. The summed E-state index contributed by atoms with van der Waals surface area (Å²) in [7, 11) is 0. The normalized spacial score (nSPS) is 15.6. The topological polar surface area (TPSA) is 31.2 Å². The summed E-state index contributed by atoms with van der Waals surface area (Å²) in [5.41, 5.74) is 3.08. The second-order valence-corrected chi connectivity index (χ2v) is 5.66. The zero-order valence-corrected chi connectivity index (χ0v) is 12.6. The second kappa shape index (κ2) is 5.76. The maximum Gasteiger partial charge on any atom is 0.164 e. The number of fused-ring (bicyclic) bond motifs is 1. The van der Waals surface area contributed by atoms with E-state index in [1.54, 1.807) is 0 Å². The Morgan fingerprint density at radius 1 is 1.29 bits per heavy atom. The average Bonchev–Trinajstić information content (AvgIpc) is 2.93. The average molecular weight is 283 g/mol. The molecule has 1 aliphatic rings. The molecule has 1 unspecified atom stereocenters. The molecule has 0 saturated carbocycles. The van der Waals surface area contributed by atoms with Crippen molar-refractivity contribution in [1.29, 1.82) is 0 Å². The Kier molecular flexibility index (Phi) is 3.82. The van der Waals surface area contributed by atoms with Crippen molar-refractivity contribution in [3.63, 3.8) is 0 Å². The Morgan fingerprint density at radius 2 is 2.14 bits per heavy atom. The third-order valence-corrected chi connectivity index (χ3v) is 4.12. The van der Waals surface area contributed by atoms with Crippen molar-refractivity contribution in [2.45, 2.75) is 45.6 Å². The van der Waals surface area contributed by atoms with Crippen LogP contribution in [-0.4, -0.2) is 16.5 Å². The minimum Gasteiger partial charge on any atom is -0.491 e. The molecule has 0 fully saturated rings. The first-order chi connectivity index (χ1) is 10.2. The van der Waals surface area contributed by atoms with Crippen LogP contribution in [0.25, 0.3) is 5.69 Å². The minimum atomic E-state index is 0.209. The van der Waals surface area contributed by atoms with Crippen molar-refractivity contribution in [3.05, 3.63) is 47.8 Å². The third kappa shape index (κ3) is 2.73. The predicted octanol–water partition coefficient (Wildman–Crippen LogP) is 4.17. The first-order valence-electron chi connectivity index (χ1n) is 7.69. The smallest absolute Gasteiger partial charge is 0.164 e. The van der Waals surface area contributed by atoms with Crippen LogP contribution in [0.1, 0.15) is 49.2 Å². The number of Topliss-reactive ketones (excluding diaryl/α,β-unsaturated/α-hetero) is 1. The highest BCUT2D eigenvalue weighted by Crippen LogP contribution is 2.27. The highest BCUT2D eigenvalue weighted by atomic mass is 16.5. The first-order valence-corrected chi connectivity index (χ1v) is 7.69. The molecule has 0 radical (unpaired) electrons. The zero-order chi connectivity index (χ0) is 14.8. The minimum absolute atomic E-state index is 0.209. The van der Waals surface area contributed by atoms with Gasteiger partial charge in [-0.05, 0) is 44.4 Å². The molecule has 0 amide bonds. The van der Waals surface area contributed by atoms with Gasteiger partial charge in [-0.15, -0.1) is 0 Å². The molecule has 1 atom stereocenters. The van der Waals surface area contributed by atoms with E-state index in [0.29, 0.717) is 6.42 Å². The van der Waals surface area contributed by atoms with Crippen molar-refractivity contribution in [3.8, 4) is 11.4 Å². The van der Waals surface area contributed by atoms with Gasteiger partial charge in [-0.2, -0.15) is 0 Å². The number of ether oxygens (including phenoxy) is 1. The molecule has 1 aromatic heterocycles. The van der Waals surface area contributed by atoms with Crippen molar-refractivity contribution in [2.24, 2.45) is 0 Å². The third-order valence-electron chi connectivity index (χ3n) is 4.12. The van der Waals surface area contributed by atoms with Crippen LogP contribution in [-0.2, 0) is 6.42 Å². The van der Waals surface area contributed by atoms with Gasteiger partial charge in [0.1, 0.15) is 5.75 Å². The number of rotatable bonds is 4. The predicted molar refractivity (Wildman–Crippen MR) is 83.4 cm³/mol. The molecule has 3 heteroatoms. The molecular weight excluding hydrogens is 262 g/mol. The van der Waals surface area contributed by atoms with E-state index in [1.807, 2.05) is 30.5 Å². The summed E-state index contributed by atoms with van der Waals surface area (Å²) < 4.78 is 8.01. The quantitative estimate of drug-likeness (QED) is 0.843. The first kappa shape index (κ1) is 13.9. The Balaban J connectivity index is 1.94. The van der Waals surface area contributed by atoms with E-state index in [-0.39, 0.29) is 11.9 Å². The van der Waals surface area contributed by atoms with Gasteiger partial charge in [0.05, 0.1) is 6.10 Å². The lowest BCUT2D eigenvalue weighted by atomic mass is 9.97. The van der Waals surface area contributed by atoms with Crippen LogP contribution in [0.2, 0.25) is 0 Å². The van der Waals surface area contributed by atoms with Gasteiger partial charge in [-0.1, -0.05) is 13.0 Å². The molecule has 110 valence electrons. The van der Waals surface area contributed by atoms with Crippen molar-refractivity contribution in [1.82, 2.24) is 4.57 Å². The van der Waals surface area contributed by atoms with Crippen LogP contribution in [0.5, 0.6) is 5.75 Å². The fourth-order valence-corrected chi connectivity index (χ4v) is 2.79. The monoisotopic (exact) mass is 283 g/mol. The summed E-state index contributed by atoms with van der Waals surface area (Å²) in [5.74, 6) is 1.15. The molecule has 0 bridgehead atoms. The molecule has 3 nitrogen and oxygen atoms in total. The molecule has 1 aliphatic carbocycles. The molecule has 2 aromatic rings. The molecule has 1 aromatic carbocycles. The Labute approximate surface area is 125 Å². The fourth-order valence-electron chi connectivity index (χ4n) is 2.79. The van der Waals surface area contributed by atoms with Crippen molar-refractivity contribution in [2.75, 3.05) is 0 Å². The van der Waals surface area contributed by atoms with Gasteiger partial charge in [-0.3, -0.25) is 4.79 Å². The van der Waals surface area contributed by atoms with Crippen LogP contribution in [0.15, 0.2) is 36.5 Å². The van der Waals surface area contributed by atoms with E-state index >= 15 is 0 Å². The lowest BCUT2D eigenvalue weighted by Gasteiger charge is -2.17. The SMILES string of the molecule is CCC(C)Oc1cccc(-n2ccc3c2CCCC3=O)c1. The number of ketones is 1. The zero-order valence-electron chi connectivity index (χ0n) is 12.6. The summed E-state index contributed by atoms with van der Waals surface area (Å²) >= 11 is 0. The largest absolute Gasteiger partial charge is 0.491 e. The van der Waals surface area contributed by atoms with Gasteiger partial charge in [-0.25, -0.2) is 0 Å². The molecule has 0 saturated heterocycles. The van der Waals surface area contributed by atoms with Gasteiger partial charge in [0.2, 0.25) is 0 Å². The van der Waals surface area contributed by atoms with E-state index < -0.39 is 0 Å². The molecule has 3 rings (SSSR count). The number of carbonyl (C=O) groups excluding carboxylic acids is 1. The van der Waals surface area contributed by atoms with E-state index in [9.17, 15) is 4.79 Å². The molecule has 0 aliphatic heterocycles. The highest BCUT2D eigenvalue weighted by molar-refractivity contribution is 5.98. The van der Waals surface area contributed by atoms with Crippen LogP contribution < -0.4 is 4.74 Å². The van der Waals surface area contributed by atoms with Crippen molar-refractivity contribution < 1.29 is 9.53 Å². The van der Waals surface area contributed by atoms with Crippen molar-refractivity contribution >= 4 is 5.78 Å². The summed E-state index contributed by atoms with van der Waals surface area (Å²) in [6, 6.07) is 10.0. The Hall–Kier alpha value is -2.03. The summed E-state index contributed by atoms with van der Waals surface area (Å²) in [6.07, 6.45) is 5.77. The lowest BCUT2D eigenvalue weighted by molar-refractivity contribution is 0.0972. The maximum absolute atomic E-state index is 11.9. The summed E-state index contributed by atoms with van der Waals surface area (Å²) in [5, 5.41) is 0. The van der Waals surface area contributed by atoms with Crippen LogP contribution >= 0.6 is 0 Å². The van der Waals surface area contributed by atoms with E-state index in [2.05, 4.69) is 24.5 Å². The van der Waals surface area contributed by atoms with Gasteiger partial charge in [0, 0.05) is 35.6 Å². The van der Waals surface area contributed by atoms with E-state index in [0.717, 1.165) is 42.0 Å². The lowest BCUT2D eigenvalue weighted by Crippen LogP contribution is -2.12. The maximum atomic E-state index is 11.9. The molecule has 0 N–H and O–H groups in total. The van der Waals surface area contributed by atoms with Crippen LogP contribution in [0, 0.1) is 0 Å². The second-order valence-electron chi connectivity index (χ2n) is 5.66. The van der Waals surface area contributed by atoms with Crippen LogP contribution in [0.3, 0.4) is 0 Å². The Bertz CT molecular complexity index is 657. The number of carbonyl (C=O) groups is 1. The van der Waals surface area contributed by atoms with Crippen LogP contribution in [0.4, 0.5) is 0 Å². The number of aromatic nitrogens is 1. The van der Waals surface area contributed by atoms with E-state index in [4.69, 9.17) is 4.74 Å². The summed E-state index contributed by atoms with van der Waals surface area (Å²) in [4.78, 5) is 11.9. The number of benzene rings is 1.